The van der Waals surface area contributed by atoms with Crippen LogP contribution in [0.3, 0.4) is 0 Å². The molecule has 4 nitrogen and oxygen atoms in total. The van der Waals surface area contributed by atoms with Crippen molar-refractivity contribution in [2.75, 3.05) is 20.2 Å². The van der Waals surface area contributed by atoms with Crippen molar-refractivity contribution in [3.05, 3.63) is 0 Å². The van der Waals surface area contributed by atoms with Crippen LogP contribution in [0.5, 0.6) is 0 Å². The maximum Gasteiger partial charge on any atom is 0.254 e. The number of ether oxygens (including phenoxy) is 1. The zero-order chi connectivity index (χ0) is 12.9. The van der Waals surface area contributed by atoms with E-state index in [4.69, 9.17) is 10.5 Å². The van der Waals surface area contributed by atoms with Crippen LogP contribution in [0.15, 0.2) is 0 Å². The van der Waals surface area contributed by atoms with Crippen molar-refractivity contribution >= 4 is 5.91 Å². The summed E-state index contributed by atoms with van der Waals surface area (Å²) in [6.45, 7) is 5.45. The molecule has 0 aliphatic carbocycles. The van der Waals surface area contributed by atoms with E-state index < -0.39 is 5.60 Å². The van der Waals surface area contributed by atoms with Crippen molar-refractivity contribution in [3.8, 4) is 0 Å². The van der Waals surface area contributed by atoms with Crippen LogP contribution < -0.4 is 5.73 Å². The highest BCUT2D eigenvalue weighted by Crippen LogP contribution is 2.27. The van der Waals surface area contributed by atoms with Gasteiger partial charge in [-0.3, -0.25) is 4.79 Å². The Balaban J connectivity index is 2.66. The highest BCUT2D eigenvalue weighted by atomic mass is 16.5. The van der Waals surface area contributed by atoms with E-state index in [-0.39, 0.29) is 5.91 Å². The van der Waals surface area contributed by atoms with E-state index in [1.54, 1.807) is 7.11 Å². The van der Waals surface area contributed by atoms with Crippen molar-refractivity contribution in [1.82, 2.24) is 4.90 Å². The van der Waals surface area contributed by atoms with Gasteiger partial charge in [0.25, 0.3) is 5.91 Å². The van der Waals surface area contributed by atoms with Gasteiger partial charge >= 0.3 is 0 Å². The van der Waals surface area contributed by atoms with Gasteiger partial charge in [-0.25, -0.2) is 0 Å². The molecular formula is C13H26N2O2. The molecule has 2 atom stereocenters. The molecule has 1 aliphatic rings. The molecule has 17 heavy (non-hydrogen) atoms. The molecule has 100 valence electrons. The summed E-state index contributed by atoms with van der Waals surface area (Å²) in [5, 5.41) is 0. The molecule has 0 bridgehead atoms. The zero-order valence-electron chi connectivity index (χ0n) is 11.4. The molecule has 1 saturated heterocycles. The van der Waals surface area contributed by atoms with E-state index in [1.165, 1.54) is 0 Å². The molecule has 2 N–H and O–H groups in total. The van der Waals surface area contributed by atoms with Gasteiger partial charge in [0.1, 0.15) is 5.60 Å². The summed E-state index contributed by atoms with van der Waals surface area (Å²) < 4.78 is 5.40. The van der Waals surface area contributed by atoms with E-state index in [1.807, 2.05) is 18.7 Å². The average Bonchev–Trinajstić information content (AvgIpc) is 2.82. The molecule has 0 aromatic carbocycles. The van der Waals surface area contributed by atoms with Gasteiger partial charge in [-0.2, -0.15) is 0 Å². The molecule has 1 rings (SSSR count). The summed E-state index contributed by atoms with van der Waals surface area (Å²) in [6, 6.07) is 0.368. The van der Waals surface area contributed by atoms with E-state index >= 15 is 0 Å². The Morgan fingerprint density at radius 2 is 2.29 bits per heavy atom. The Bertz CT molecular complexity index is 252. The van der Waals surface area contributed by atoms with Crippen LogP contribution in [0.2, 0.25) is 0 Å². The quantitative estimate of drug-likeness (QED) is 0.768. The molecule has 0 saturated carbocycles. The number of likely N-dealkylation sites (tertiary alicyclic amines) is 1. The minimum atomic E-state index is -0.661. The summed E-state index contributed by atoms with van der Waals surface area (Å²) in [6.07, 6.45) is 4.93. The molecule has 1 amide bonds. The van der Waals surface area contributed by atoms with Crippen LogP contribution in [-0.4, -0.2) is 42.6 Å². The molecule has 1 fully saturated rings. The van der Waals surface area contributed by atoms with E-state index in [0.717, 1.165) is 32.2 Å². The fourth-order valence-electron chi connectivity index (χ4n) is 2.44. The molecule has 2 unspecified atom stereocenters. The van der Waals surface area contributed by atoms with Crippen LogP contribution in [0.1, 0.15) is 46.0 Å². The van der Waals surface area contributed by atoms with E-state index in [0.29, 0.717) is 19.0 Å². The summed E-state index contributed by atoms with van der Waals surface area (Å²) in [5.41, 5.74) is 4.88. The molecule has 1 aliphatic heterocycles. The second-order valence-electron chi connectivity index (χ2n) is 5.01. The lowest BCUT2D eigenvalue weighted by atomic mass is 10.00. The monoisotopic (exact) mass is 242 g/mol. The highest BCUT2D eigenvalue weighted by Gasteiger charge is 2.39. The van der Waals surface area contributed by atoms with Gasteiger partial charge in [0.05, 0.1) is 0 Å². The summed E-state index contributed by atoms with van der Waals surface area (Å²) in [5.74, 6) is 0.141. The molecule has 0 spiro atoms. The van der Waals surface area contributed by atoms with Crippen molar-refractivity contribution in [1.29, 1.82) is 0 Å². The SMILES string of the molecule is CCC(C)(OC)C(=O)N1CCCC1CCCN. The van der Waals surface area contributed by atoms with Crippen LogP contribution in [0.4, 0.5) is 0 Å². The van der Waals surface area contributed by atoms with Crippen molar-refractivity contribution in [2.24, 2.45) is 5.73 Å². The predicted octanol–water partition coefficient (Wildman–Crippen LogP) is 1.53. The number of nitrogens with zero attached hydrogens (tertiary/aromatic N) is 1. The minimum absolute atomic E-state index is 0.141. The molecule has 1 heterocycles. The van der Waals surface area contributed by atoms with Gasteiger partial charge < -0.3 is 15.4 Å². The molecular weight excluding hydrogens is 216 g/mol. The number of carbonyl (C=O) groups is 1. The van der Waals surface area contributed by atoms with Crippen LogP contribution in [0.25, 0.3) is 0 Å². The maximum atomic E-state index is 12.5. The Kier molecular flexibility index (Phi) is 5.40. The first-order chi connectivity index (χ1) is 8.09. The lowest BCUT2D eigenvalue weighted by Gasteiger charge is -2.34. The smallest absolute Gasteiger partial charge is 0.254 e. The van der Waals surface area contributed by atoms with Crippen LogP contribution >= 0.6 is 0 Å². The Morgan fingerprint density at radius 3 is 2.82 bits per heavy atom. The lowest BCUT2D eigenvalue weighted by molar-refractivity contribution is -0.154. The fraction of sp³-hybridized carbons (Fsp3) is 0.923. The third kappa shape index (κ3) is 3.19. The molecule has 0 radical (unpaired) electrons. The molecule has 4 heteroatoms. The van der Waals surface area contributed by atoms with E-state index in [2.05, 4.69) is 0 Å². The van der Waals surface area contributed by atoms with Gasteiger partial charge in [-0.1, -0.05) is 6.92 Å². The highest BCUT2D eigenvalue weighted by molar-refractivity contribution is 5.85. The predicted molar refractivity (Wildman–Crippen MR) is 68.7 cm³/mol. The normalized spacial score (nSPS) is 23.8. The van der Waals surface area contributed by atoms with E-state index in [9.17, 15) is 4.79 Å². The van der Waals surface area contributed by atoms with Crippen molar-refractivity contribution in [3.63, 3.8) is 0 Å². The summed E-state index contributed by atoms with van der Waals surface area (Å²) in [4.78, 5) is 14.5. The van der Waals surface area contributed by atoms with Gasteiger partial charge in [-0.15, -0.1) is 0 Å². The Hall–Kier alpha value is -0.610. The van der Waals surface area contributed by atoms with Gasteiger partial charge in [-0.05, 0) is 45.6 Å². The molecule has 0 aromatic rings. The summed E-state index contributed by atoms with van der Waals surface area (Å²) in [7, 11) is 1.62. The number of nitrogens with two attached hydrogens (primary N) is 1. The largest absolute Gasteiger partial charge is 0.369 e. The lowest BCUT2D eigenvalue weighted by Crippen LogP contribution is -2.49. The second-order valence-corrected chi connectivity index (χ2v) is 5.01. The zero-order valence-corrected chi connectivity index (χ0v) is 11.4. The second kappa shape index (κ2) is 6.36. The topological polar surface area (TPSA) is 55.6 Å². The van der Waals surface area contributed by atoms with Crippen LogP contribution in [0, 0.1) is 0 Å². The average molecular weight is 242 g/mol. The maximum absolute atomic E-state index is 12.5. The molecule has 0 aromatic heterocycles. The first-order valence-corrected chi connectivity index (χ1v) is 6.65. The number of carbonyl (C=O) groups excluding carboxylic acids is 1. The number of amides is 1. The van der Waals surface area contributed by atoms with Crippen molar-refractivity contribution in [2.45, 2.75) is 57.6 Å². The first-order valence-electron chi connectivity index (χ1n) is 6.65. The van der Waals surface area contributed by atoms with Crippen molar-refractivity contribution < 1.29 is 9.53 Å². The third-order valence-corrected chi connectivity index (χ3v) is 3.96. The number of rotatable bonds is 6. The fourth-order valence-corrected chi connectivity index (χ4v) is 2.44. The van der Waals surface area contributed by atoms with Gasteiger partial charge in [0, 0.05) is 19.7 Å². The Labute approximate surface area is 104 Å². The third-order valence-electron chi connectivity index (χ3n) is 3.96. The standard InChI is InChI=1S/C13H26N2O2/c1-4-13(2,17-3)12(16)15-10-6-8-11(15)7-5-9-14/h11H,4-10,14H2,1-3H3. The first kappa shape index (κ1) is 14.5. The van der Waals surface area contributed by atoms with Gasteiger partial charge in [0.15, 0.2) is 0 Å². The summed E-state index contributed by atoms with van der Waals surface area (Å²) >= 11 is 0. The minimum Gasteiger partial charge on any atom is -0.369 e. The van der Waals surface area contributed by atoms with Crippen LogP contribution in [-0.2, 0) is 9.53 Å². The number of methoxy groups -OCH3 is 1. The number of hydrogen-bond donors (Lipinski definition) is 1. The number of hydrogen-bond acceptors (Lipinski definition) is 3. The van der Waals surface area contributed by atoms with Gasteiger partial charge in [0.2, 0.25) is 0 Å². The Morgan fingerprint density at radius 1 is 1.59 bits per heavy atom.